The van der Waals surface area contributed by atoms with Crippen LogP contribution in [0.2, 0.25) is 0 Å². The maximum Gasteiger partial charge on any atom is 0.320 e. The molecule has 1 rings (SSSR count). The number of carbonyl (C=O) groups is 1. The van der Waals surface area contributed by atoms with Crippen LogP contribution in [0.25, 0.3) is 0 Å². The molecule has 1 aliphatic rings. The fourth-order valence-corrected chi connectivity index (χ4v) is 2.20. The molecule has 0 radical (unpaired) electrons. The molecule has 1 N–H and O–H groups in total. The number of carboxylic acid groups (broad SMARTS) is 1. The molecule has 15 heavy (non-hydrogen) atoms. The standard InChI is InChI=1S/C11H22N2O2/c1-9(11(14)15)13-6-4-10(5-7-13)8-12(2)3/h9-10H,4-8H2,1-3H3,(H,14,15). The lowest BCUT2D eigenvalue weighted by Crippen LogP contribution is -2.45. The molecule has 4 nitrogen and oxygen atoms in total. The van der Waals surface area contributed by atoms with Gasteiger partial charge in [0, 0.05) is 6.54 Å². The fraction of sp³-hybridized carbons (Fsp3) is 0.909. The van der Waals surface area contributed by atoms with Crippen molar-refractivity contribution in [2.45, 2.75) is 25.8 Å². The van der Waals surface area contributed by atoms with E-state index in [9.17, 15) is 4.79 Å². The van der Waals surface area contributed by atoms with Gasteiger partial charge in [-0.25, -0.2) is 0 Å². The summed E-state index contributed by atoms with van der Waals surface area (Å²) in [4.78, 5) is 15.1. The Bertz CT molecular complexity index is 211. The summed E-state index contributed by atoms with van der Waals surface area (Å²) in [5, 5.41) is 8.90. The van der Waals surface area contributed by atoms with Crippen LogP contribution < -0.4 is 0 Å². The molecule has 0 amide bonds. The van der Waals surface area contributed by atoms with Gasteiger partial charge in [-0.2, -0.15) is 0 Å². The third-order valence-corrected chi connectivity index (χ3v) is 3.18. The number of rotatable bonds is 4. The number of nitrogens with zero attached hydrogens (tertiary/aromatic N) is 2. The third kappa shape index (κ3) is 3.80. The van der Waals surface area contributed by atoms with Crippen LogP contribution in [-0.2, 0) is 4.79 Å². The molecule has 0 aliphatic carbocycles. The number of hydrogen-bond acceptors (Lipinski definition) is 3. The van der Waals surface area contributed by atoms with Crippen molar-refractivity contribution in [3.05, 3.63) is 0 Å². The Labute approximate surface area is 91.9 Å². The van der Waals surface area contributed by atoms with Crippen LogP contribution in [0.3, 0.4) is 0 Å². The largest absolute Gasteiger partial charge is 0.480 e. The van der Waals surface area contributed by atoms with Crippen LogP contribution in [0.5, 0.6) is 0 Å². The van der Waals surface area contributed by atoms with E-state index in [0.717, 1.165) is 38.4 Å². The van der Waals surface area contributed by atoms with Crippen LogP contribution in [0.15, 0.2) is 0 Å². The van der Waals surface area contributed by atoms with E-state index in [4.69, 9.17) is 5.11 Å². The molecular formula is C11H22N2O2. The summed E-state index contributed by atoms with van der Waals surface area (Å²) >= 11 is 0. The maximum absolute atomic E-state index is 10.8. The summed E-state index contributed by atoms with van der Waals surface area (Å²) in [5.74, 6) is 0.0262. The van der Waals surface area contributed by atoms with Gasteiger partial charge in [0.05, 0.1) is 0 Å². The zero-order chi connectivity index (χ0) is 11.4. The lowest BCUT2D eigenvalue weighted by molar-refractivity contribution is -0.143. The van der Waals surface area contributed by atoms with Gasteiger partial charge in [-0.1, -0.05) is 0 Å². The first-order valence-corrected chi connectivity index (χ1v) is 5.62. The second-order valence-electron chi connectivity index (χ2n) is 4.76. The molecule has 1 saturated heterocycles. The number of piperidine rings is 1. The zero-order valence-corrected chi connectivity index (χ0v) is 9.94. The van der Waals surface area contributed by atoms with Crippen LogP contribution in [0, 0.1) is 5.92 Å². The number of hydrogen-bond donors (Lipinski definition) is 1. The Balaban J connectivity index is 2.32. The molecule has 1 aliphatic heterocycles. The van der Waals surface area contributed by atoms with E-state index in [1.807, 2.05) is 0 Å². The molecule has 0 saturated carbocycles. The summed E-state index contributed by atoms with van der Waals surface area (Å²) in [7, 11) is 4.18. The third-order valence-electron chi connectivity index (χ3n) is 3.18. The summed E-state index contributed by atoms with van der Waals surface area (Å²) in [6.45, 7) is 4.74. The van der Waals surface area contributed by atoms with Gasteiger partial charge in [0.15, 0.2) is 0 Å². The Kier molecular flexibility index (Phi) is 4.54. The molecule has 1 unspecified atom stereocenters. The minimum absolute atomic E-state index is 0.328. The molecule has 1 atom stereocenters. The predicted octanol–water partition coefficient (Wildman–Crippen LogP) is 0.733. The van der Waals surface area contributed by atoms with E-state index in [2.05, 4.69) is 23.9 Å². The second kappa shape index (κ2) is 5.47. The lowest BCUT2D eigenvalue weighted by atomic mass is 9.95. The second-order valence-corrected chi connectivity index (χ2v) is 4.76. The van der Waals surface area contributed by atoms with E-state index >= 15 is 0 Å². The number of carboxylic acids is 1. The number of likely N-dealkylation sites (tertiary alicyclic amines) is 1. The minimum Gasteiger partial charge on any atom is -0.480 e. The van der Waals surface area contributed by atoms with Gasteiger partial charge in [-0.05, 0) is 52.9 Å². The average Bonchev–Trinajstić information content (AvgIpc) is 2.17. The van der Waals surface area contributed by atoms with Gasteiger partial charge >= 0.3 is 5.97 Å². The van der Waals surface area contributed by atoms with E-state index in [1.165, 1.54) is 0 Å². The van der Waals surface area contributed by atoms with Crippen LogP contribution >= 0.6 is 0 Å². The zero-order valence-electron chi connectivity index (χ0n) is 9.94. The Morgan fingerprint density at radius 3 is 2.40 bits per heavy atom. The van der Waals surface area contributed by atoms with Crippen molar-refractivity contribution < 1.29 is 9.90 Å². The predicted molar refractivity (Wildman–Crippen MR) is 59.9 cm³/mol. The van der Waals surface area contributed by atoms with Crippen molar-refractivity contribution in [2.75, 3.05) is 33.7 Å². The average molecular weight is 214 g/mol. The Morgan fingerprint density at radius 1 is 1.47 bits per heavy atom. The highest BCUT2D eigenvalue weighted by molar-refractivity contribution is 5.72. The molecule has 0 aromatic rings. The molecule has 0 spiro atoms. The topological polar surface area (TPSA) is 43.8 Å². The van der Waals surface area contributed by atoms with Crippen molar-refractivity contribution in [2.24, 2.45) is 5.92 Å². The van der Waals surface area contributed by atoms with Crippen molar-refractivity contribution in [1.82, 2.24) is 9.80 Å². The van der Waals surface area contributed by atoms with Crippen molar-refractivity contribution >= 4 is 5.97 Å². The fourth-order valence-electron chi connectivity index (χ4n) is 2.20. The summed E-state index contributed by atoms with van der Waals surface area (Å²) < 4.78 is 0. The molecule has 0 bridgehead atoms. The van der Waals surface area contributed by atoms with E-state index in [1.54, 1.807) is 6.92 Å². The summed E-state index contributed by atoms with van der Waals surface area (Å²) in [5.41, 5.74) is 0. The van der Waals surface area contributed by atoms with Gasteiger partial charge in [0.1, 0.15) is 6.04 Å². The first-order chi connectivity index (χ1) is 7.00. The van der Waals surface area contributed by atoms with Crippen molar-refractivity contribution in [3.8, 4) is 0 Å². The summed E-state index contributed by atoms with van der Waals surface area (Å²) in [6, 6.07) is -0.328. The van der Waals surface area contributed by atoms with Gasteiger partial charge in [-0.3, -0.25) is 9.69 Å². The smallest absolute Gasteiger partial charge is 0.320 e. The quantitative estimate of drug-likeness (QED) is 0.749. The first-order valence-electron chi connectivity index (χ1n) is 5.62. The van der Waals surface area contributed by atoms with Crippen LogP contribution in [-0.4, -0.2) is 60.6 Å². The SMILES string of the molecule is CC(C(=O)O)N1CCC(CN(C)C)CC1. The van der Waals surface area contributed by atoms with E-state index < -0.39 is 5.97 Å². The molecule has 0 aromatic carbocycles. The van der Waals surface area contributed by atoms with Crippen LogP contribution in [0.4, 0.5) is 0 Å². The Hall–Kier alpha value is -0.610. The highest BCUT2D eigenvalue weighted by Gasteiger charge is 2.26. The lowest BCUT2D eigenvalue weighted by Gasteiger charge is -2.35. The molecule has 88 valence electrons. The Morgan fingerprint density at radius 2 is 2.00 bits per heavy atom. The molecule has 0 aromatic heterocycles. The molecule has 1 fully saturated rings. The van der Waals surface area contributed by atoms with E-state index in [-0.39, 0.29) is 6.04 Å². The normalized spacial score (nSPS) is 21.9. The van der Waals surface area contributed by atoms with Crippen molar-refractivity contribution in [3.63, 3.8) is 0 Å². The van der Waals surface area contributed by atoms with Crippen LogP contribution in [0.1, 0.15) is 19.8 Å². The van der Waals surface area contributed by atoms with Gasteiger partial charge in [0.25, 0.3) is 0 Å². The minimum atomic E-state index is -0.707. The van der Waals surface area contributed by atoms with Gasteiger partial charge < -0.3 is 10.0 Å². The molecule has 4 heteroatoms. The van der Waals surface area contributed by atoms with Gasteiger partial charge in [0.2, 0.25) is 0 Å². The monoisotopic (exact) mass is 214 g/mol. The van der Waals surface area contributed by atoms with Gasteiger partial charge in [-0.15, -0.1) is 0 Å². The molecular weight excluding hydrogens is 192 g/mol. The van der Waals surface area contributed by atoms with Crippen molar-refractivity contribution in [1.29, 1.82) is 0 Å². The maximum atomic E-state index is 10.8. The molecule has 1 heterocycles. The highest BCUT2D eigenvalue weighted by Crippen LogP contribution is 2.19. The highest BCUT2D eigenvalue weighted by atomic mass is 16.4. The van der Waals surface area contributed by atoms with E-state index in [0.29, 0.717) is 0 Å². The summed E-state index contributed by atoms with van der Waals surface area (Å²) in [6.07, 6.45) is 2.24. The first kappa shape index (κ1) is 12.5. The number of aliphatic carboxylic acids is 1.